The first-order chi connectivity index (χ1) is 13.7. The summed E-state index contributed by atoms with van der Waals surface area (Å²) in [6.07, 6.45) is 1.23. The Balaban J connectivity index is 1.71. The fourth-order valence-corrected chi connectivity index (χ4v) is 5.59. The zero-order valence-electron chi connectivity index (χ0n) is 17.2. The lowest BCUT2D eigenvalue weighted by molar-refractivity contribution is -0.132. The number of nitrogens with one attached hydrogen (secondary N) is 1. The molecule has 1 aromatic heterocycles. The Morgan fingerprint density at radius 2 is 2.00 bits per heavy atom. The lowest BCUT2D eigenvalue weighted by Crippen LogP contribution is -2.51. The van der Waals surface area contributed by atoms with Crippen LogP contribution in [0.4, 0.5) is 0 Å². The number of rotatable bonds is 6. The van der Waals surface area contributed by atoms with Crippen LogP contribution >= 0.6 is 0 Å². The van der Waals surface area contributed by atoms with Crippen LogP contribution in [0.2, 0.25) is 0 Å². The van der Waals surface area contributed by atoms with E-state index in [9.17, 15) is 13.2 Å². The van der Waals surface area contributed by atoms with E-state index in [0.717, 1.165) is 11.3 Å². The minimum Gasteiger partial charge on any atom is -0.497 e. The van der Waals surface area contributed by atoms with Gasteiger partial charge in [-0.25, -0.2) is 8.42 Å². The van der Waals surface area contributed by atoms with Gasteiger partial charge in [-0.15, -0.1) is 0 Å². The number of aromatic nitrogens is 1. The highest BCUT2D eigenvalue weighted by molar-refractivity contribution is 7.89. The van der Waals surface area contributed by atoms with E-state index in [1.165, 1.54) is 4.31 Å². The van der Waals surface area contributed by atoms with Crippen LogP contribution in [0.5, 0.6) is 5.75 Å². The summed E-state index contributed by atoms with van der Waals surface area (Å²) < 4.78 is 37.8. The number of nitrogens with zero attached hydrogens (tertiary/aromatic N) is 2. The SMILES string of the molecule is COc1ccc(CNC(=O)C2(C)CCCN(S(=O)(=O)c3c(C)noc3C)C2)cc1. The summed E-state index contributed by atoms with van der Waals surface area (Å²) in [6.45, 7) is 5.85. The van der Waals surface area contributed by atoms with Gasteiger partial charge in [0, 0.05) is 19.6 Å². The molecule has 0 bridgehead atoms. The van der Waals surface area contributed by atoms with E-state index in [1.807, 2.05) is 31.2 Å². The number of hydrogen-bond donors (Lipinski definition) is 1. The van der Waals surface area contributed by atoms with Crippen LogP contribution in [0.3, 0.4) is 0 Å². The predicted octanol–water partition coefficient (Wildman–Crippen LogP) is 2.41. The quantitative estimate of drug-likeness (QED) is 0.769. The van der Waals surface area contributed by atoms with E-state index in [0.29, 0.717) is 31.6 Å². The molecule has 0 saturated carbocycles. The van der Waals surface area contributed by atoms with Gasteiger partial charge in [0.05, 0.1) is 12.5 Å². The average Bonchev–Trinajstić information content (AvgIpc) is 3.05. The summed E-state index contributed by atoms with van der Waals surface area (Å²) in [5, 5.41) is 6.70. The molecule has 29 heavy (non-hydrogen) atoms. The number of methoxy groups -OCH3 is 1. The van der Waals surface area contributed by atoms with Crippen molar-refractivity contribution in [3.05, 3.63) is 41.3 Å². The van der Waals surface area contributed by atoms with E-state index in [2.05, 4.69) is 10.5 Å². The van der Waals surface area contributed by atoms with Crippen LogP contribution in [0.25, 0.3) is 0 Å². The second-order valence-corrected chi connectivity index (χ2v) is 9.56. The normalized spacial score (nSPS) is 20.4. The molecule has 1 N–H and O–H groups in total. The highest BCUT2D eigenvalue weighted by Crippen LogP contribution is 2.34. The Hall–Kier alpha value is -2.39. The maximum atomic E-state index is 13.1. The van der Waals surface area contributed by atoms with Gasteiger partial charge in [0.2, 0.25) is 15.9 Å². The van der Waals surface area contributed by atoms with Crippen molar-refractivity contribution in [1.82, 2.24) is 14.8 Å². The van der Waals surface area contributed by atoms with Crippen molar-refractivity contribution in [2.24, 2.45) is 5.41 Å². The van der Waals surface area contributed by atoms with Crippen molar-refractivity contribution in [3.8, 4) is 5.75 Å². The lowest BCUT2D eigenvalue weighted by atomic mass is 9.82. The smallest absolute Gasteiger partial charge is 0.248 e. The topological polar surface area (TPSA) is 102 Å². The number of carbonyl (C=O) groups is 1. The molecule has 9 heteroatoms. The maximum absolute atomic E-state index is 13.1. The Morgan fingerprint density at radius 1 is 1.31 bits per heavy atom. The third-order valence-corrected chi connectivity index (χ3v) is 7.48. The highest BCUT2D eigenvalue weighted by atomic mass is 32.2. The summed E-state index contributed by atoms with van der Waals surface area (Å²) in [5.41, 5.74) is 0.467. The van der Waals surface area contributed by atoms with Crippen molar-refractivity contribution >= 4 is 15.9 Å². The molecule has 0 radical (unpaired) electrons. The summed E-state index contributed by atoms with van der Waals surface area (Å²) in [6, 6.07) is 7.44. The predicted molar refractivity (Wildman–Crippen MR) is 107 cm³/mol. The van der Waals surface area contributed by atoms with Gasteiger partial charge in [0.1, 0.15) is 16.3 Å². The van der Waals surface area contributed by atoms with E-state index >= 15 is 0 Å². The van der Waals surface area contributed by atoms with Crippen molar-refractivity contribution in [2.75, 3.05) is 20.2 Å². The molecule has 1 aromatic carbocycles. The summed E-state index contributed by atoms with van der Waals surface area (Å²) >= 11 is 0. The molecule has 2 aromatic rings. The third kappa shape index (κ3) is 4.30. The Bertz CT molecular complexity index is 965. The number of sulfonamides is 1. The first-order valence-corrected chi connectivity index (χ1v) is 11.0. The molecular formula is C20H27N3O5S. The fourth-order valence-electron chi connectivity index (χ4n) is 3.69. The van der Waals surface area contributed by atoms with Gasteiger partial charge >= 0.3 is 0 Å². The molecule has 0 aliphatic carbocycles. The van der Waals surface area contributed by atoms with Crippen LogP contribution in [-0.2, 0) is 21.4 Å². The third-order valence-electron chi connectivity index (χ3n) is 5.39. The van der Waals surface area contributed by atoms with Crippen LogP contribution in [0, 0.1) is 19.3 Å². The molecule has 1 unspecified atom stereocenters. The highest BCUT2D eigenvalue weighted by Gasteiger charge is 2.43. The maximum Gasteiger partial charge on any atom is 0.248 e. The van der Waals surface area contributed by atoms with Gasteiger partial charge in [0.25, 0.3) is 0 Å². The van der Waals surface area contributed by atoms with Gasteiger partial charge in [-0.3, -0.25) is 4.79 Å². The van der Waals surface area contributed by atoms with E-state index in [4.69, 9.17) is 9.26 Å². The Labute approximate surface area is 171 Å². The molecule has 8 nitrogen and oxygen atoms in total. The second-order valence-electron chi connectivity index (χ2n) is 7.69. The van der Waals surface area contributed by atoms with Crippen LogP contribution in [0.1, 0.15) is 36.8 Å². The van der Waals surface area contributed by atoms with Gasteiger partial charge in [-0.1, -0.05) is 17.3 Å². The largest absolute Gasteiger partial charge is 0.497 e. The molecule has 1 amide bonds. The monoisotopic (exact) mass is 421 g/mol. The summed E-state index contributed by atoms with van der Waals surface area (Å²) in [4.78, 5) is 13.0. The zero-order chi connectivity index (χ0) is 21.2. The summed E-state index contributed by atoms with van der Waals surface area (Å²) in [7, 11) is -2.18. The Kier molecular flexibility index (Phi) is 6.00. The molecular weight excluding hydrogens is 394 g/mol. The first-order valence-electron chi connectivity index (χ1n) is 9.51. The number of ether oxygens (including phenoxy) is 1. The zero-order valence-corrected chi connectivity index (χ0v) is 18.0. The summed E-state index contributed by atoms with van der Waals surface area (Å²) in [5.74, 6) is 0.852. The van der Waals surface area contributed by atoms with E-state index in [1.54, 1.807) is 21.0 Å². The molecule has 1 atom stereocenters. The number of hydrogen-bond acceptors (Lipinski definition) is 6. The van der Waals surface area contributed by atoms with E-state index < -0.39 is 15.4 Å². The number of aryl methyl sites for hydroxylation is 2. The Morgan fingerprint density at radius 3 is 2.59 bits per heavy atom. The number of carbonyl (C=O) groups excluding carboxylic acids is 1. The lowest BCUT2D eigenvalue weighted by Gasteiger charge is -2.38. The van der Waals surface area contributed by atoms with Gasteiger partial charge in [-0.05, 0) is 51.3 Å². The molecule has 1 aliphatic heterocycles. The second kappa shape index (κ2) is 8.16. The molecule has 1 aliphatic rings. The molecule has 2 heterocycles. The van der Waals surface area contributed by atoms with Crippen LogP contribution in [-0.4, -0.2) is 44.0 Å². The minimum atomic E-state index is -3.78. The minimum absolute atomic E-state index is 0.0976. The molecule has 1 fully saturated rings. The first kappa shape index (κ1) is 21.3. The van der Waals surface area contributed by atoms with Gasteiger partial charge in [-0.2, -0.15) is 4.31 Å². The standard InChI is InChI=1S/C20H27N3O5S/c1-14-18(15(2)28-22-14)29(25,26)23-11-5-10-20(3,13-23)19(24)21-12-16-6-8-17(27-4)9-7-16/h6-9H,5,10-13H2,1-4H3,(H,21,24). The van der Waals surface area contributed by atoms with Gasteiger partial charge in [0.15, 0.2) is 5.76 Å². The molecule has 3 rings (SSSR count). The average molecular weight is 422 g/mol. The van der Waals surface area contributed by atoms with Crippen molar-refractivity contribution in [1.29, 1.82) is 0 Å². The van der Waals surface area contributed by atoms with Crippen molar-refractivity contribution < 1.29 is 22.5 Å². The molecule has 158 valence electrons. The van der Waals surface area contributed by atoms with Crippen molar-refractivity contribution in [3.63, 3.8) is 0 Å². The number of piperidine rings is 1. The van der Waals surface area contributed by atoms with Gasteiger partial charge < -0.3 is 14.6 Å². The number of benzene rings is 1. The molecule has 1 saturated heterocycles. The number of amides is 1. The van der Waals surface area contributed by atoms with Crippen LogP contribution < -0.4 is 10.1 Å². The fraction of sp³-hybridized carbons (Fsp3) is 0.500. The van der Waals surface area contributed by atoms with E-state index in [-0.39, 0.29) is 23.1 Å². The van der Waals surface area contributed by atoms with Crippen molar-refractivity contribution in [2.45, 2.75) is 45.1 Å². The van der Waals surface area contributed by atoms with Crippen LogP contribution in [0.15, 0.2) is 33.7 Å². The molecule has 0 spiro atoms.